The van der Waals surface area contributed by atoms with Crippen LogP contribution in [-0.2, 0) is 25.8 Å². The molecule has 3 aromatic rings. The van der Waals surface area contributed by atoms with Gasteiger partial charge in [0, 0.05) is 23.1 Å². The zero-order valence-corrected chi connectivity index (χ0v) is 16.0. The van der Waals surface area contributed by atoms with Crippen molar-refractivity contribution >= 4 is 10.9 Å². The third-order valence-corrected chi connectivity index (χ3v) is 5.18. The molecular formula is C24H31N. The highest BCUT2D eigenvalue weighted by molar-refractivity contribution is 5.86. The van der Waals surface area contributed by atoms with Gasteiger partial charge in [0.15, 0.2) is 0 Å². The minimum atomic E-state index is 1.07. The minimum Gasteiger partial charge on any atom is -0.344 e. The van der Waals surface area contributed by atoms with Crippen molar-refractivity contribution in [1.29, 1.82) is 0 Å². The number of hydrogen-bond donors (Lipinski definition) is 0. The summed E-state index contributed by atoms with van der Waals surface area (Å²) in [5, 5.41) is 1.49. The quantitative estimate of drug-likeness (QED) is 0.444. The van der Waals surface area contributed by atoms with Crippen molar-refractivity contribution in [3.05, 3.63) is 70.9 Å². The van der Waals surface area contributed by atoms with E-state index in [1.807, 2.05) is 0 Å². The minimum absolute atomic E-state index is 1.07. The van der Waals surface area contributed by atoms with Crippen LogP contribution in [0.3, 0.4) is 0 Å². The van der Waals surface area contributed by atoms with Gasteiger partial charge in [0.2, 0.25) is 0 Å². The van der Waals surface area contributed by atoms with Crippen molar-refractivity contribution in [2.75, 3.05) is 0 Å². The van der Waals surface area contributed by atoms with E-state index in [9.17, 15) is 0 Å². The molecule has 0 aliphatic rings. The van der Waals surface area contributed by atoms with Crippen molar-refractivity contribution in [3.63, 3.8) is 0 Å². The lowest BCUT2D eigenvalue weighted by atomic mass is 10.0. The molecule has 0 radical (unpaired) electrons. The number of unbranched alkanes of at least 4 members (excludes halogenated alkanes) is 1. The van der Waals surface area contributed by atoms with Crippen LogP contribution in [0.5, 0.6) is 0 Å². The average Bonchev–Trinajstić information content (AvgIpc) is 2.91. The molecule has 0 saturated heterocycles. The molecule has 2 aromatic carbocycles. The standard InChI is InChI=1S/C24H31N/c1-4-6-13-21-22-18-19(3)14-15-24(22)25(23(21)10-5-2)17-16-20-11-8-7-9-12-20/h7-9,11-12,14-15,18H,4-6,10,13,16-17H2,1-3H3. The maximum Gasteiger partial charge on any atom is 0.0485 e. The molecule has 1 heteroatoms. The first-order valence-corrected chi connectivity index (χ1v) is 9.89. The Morgan fingerprint density at radius 2 is 1.64 bits per heavy atom. The SMILES string of the molecule is CCCCc1c(CCC)n(CCc2ccccc2)c2ccc(C)cc12. The smallest absolute Gasteiger partial charge is 0.0485 e. The summed E-state index contributed by atoms with van der Waals surface area (Å²) in [6, 6.07) is 17.9. The molecule has 0 fully saturated rings. The van der Waals surface area contributed by atoms with Gasteiger partial charge in [-0.15, -0.1) is 0 Å². The normalized spacial score (nSPS) is 11.3. The predicted octanol–water partition coefficient (Wildman–Crippen LogP) is 6.49. The molecule has 0 bridgehead atoms. The fourth-order valence-electron chi connectivity index (χ4n) is 3.89. The highest BCUT2D eigenvalue weighted by Crippen LogP contribution is 2.30. The van der Waals surface area contributed by atoms with Crippen LogP contribution < -0.4 is 0 Å². The van der Waals surface area contributed by atoms with Crippen molar-refractivity contribution in [2.24, 2.45) is 0 Å². The zero-order chi connectivity index (χ0) is 17.6. The summed E-state index contributed by atoms with van der Waals surface area (Å²) < 4.78 is 2.61. The molecule has 0 aliphatic carbocycles. The molecule has 0 spiro atoms. The summed E-state index contributed by atoms with van der Waals surface area (Å²) in [7, 11) is 0. The van der Waals surface area contributed by atoms with E-state index >= 15 is 0 Å². The van der Waals surface area contributed by atoms with Gasteiger partial charge in [-0.3, -0.25) is 0 Å². The van der Waals surface area contributed by atoms with Crippen LogP contribution in [0.2, 0.25) is 0 Å². The topological polar surface area (TPSA) is 4.93 Å². The van der Waals surface area contributed by atoms with E-state index in [4.69, 9.17) is 0 Å². The van der Waals surface area contributed by atoms with Crippen molar-refractivity contribution in [1.82, 2.24) is 4.57 Å². The summed E-state index contributed by atoms with van der Waals surface area (Å²) in [5.41, 5.74) is 7.40. The van der Waals surface area contributed by atoms with E-state index in [-0.39, 0.29) is 0 Å². The van der Waals surface area contributed by atoms with Gasteiger partial charge in [-0.25, -0.2) is 0 Å². The highest BCUT2D eigenvalue weighted by Gasteiger charge is 2.16. The molecule has 25 heavy (non-hydrogen) atoms. The lowest BCUT2D eigenvalue weighted by Crippen LogP contribution is -2.07. The fraction of sp³-hybridized carbons (Fsp3) is 0.417. The maximum absolute atomic E-state index is 2.61. The molecule has 3 rings (SSSR count). The van der Waals surface area contributed by atoms with Gasteiger partial charge >= 0.3 is 0 Å². The number of aryl methyl sites for hydroxylation is 4. The number of aromatic nitrogens is 1. The Hall–Kier alpha value is -2.02. The average molecular weight is 334 g/mol. The molecular weight excluding hydrogens is 302 g/mol. The molecule has 1 nitrogen and oxygen atoms in total. The second-order valence-electron chi connectivity index (χ2n) is 7.19. The maximum atomic E-state index is 2.61. The van der Waals surface area contributed by atoms with Crippen molar-refractivity contribution in [3.8, 4) is 0 Å². The lowest BCUT2D eigenvalue weighted by molar-refractivity contribution is 0.663. The Kier molecular flexibility index (Phi) is 5.96. The molecule has 0 aliphatic heterocycles. The molecule has 0 N–H and O–H groups in total. The van der Waals surface area contributed by atoms with Gasteiger partial charge in [0.1, 0.15) is 0 Å². The Labute approximate surface area is 152 Å². The van der Waals surface area contributed by atoms with Gasteiger partial charge < -0.3 is 4.57 Å². The summed E-state index contributed by atoms with van der Waals surface area (Å²) in [6.45, 7) is 7.88. The monoisotopic (exact) mass is 333 g/mol. The van der Waals surface area contributed by atoms with E-state index in [0.717, 1.165) is 13.0 Å². The number of hydrogen-bond acceptors (Lipinski definition) is 0. The van der Waals surface area contributed by atoms with Gasteiger partial charge in [-0.2, -0.15) is 0 Å². The first kappa shape index (κ1) is 17.8. The van der Waals surface area contributed by atoms with Crippen molar-refractivity contribution in [2.45, 2.75) is 65.8 Å². The molecule has 132 valence electrons. The Morgan fingerprint density at radius 1 is 0.840 bits per heavy atom. The molecule has 0 atom stereocenters. The largest absolute Gasteiger partial charge is 0.344 e. The highest BCUT2D eigenvalue weighted by atomic mass is 15.0. The van der Waals surface area contributed by atoms with E-state index in [2.05, 4.69) is 73.9 Å². The summed E-state index contributed by atoms with van der Waals surface area (Å²) in [6.07, 6.45) is 7.24. The summed E-state index contributed by atoms with van der Waals surface area (Å²) in [5.74, 6) is 0. The first-order chi connectivity index (χ1) is 12.2. The Morgan fingerprint density at radius 3 is 2.36 bits per heavy atom. The molecule has 1 aromatic heterocycles. The zero-order valence-electron chi connectivity index (χ0n) is 16.0. The van der Waals surface area contributed by atoms with Crippen molar-refractivity contribution < 1.29 is 0 Å². The predicted molar refractivity (Wildman–Crippen MR) is 109 cm³/mol. The third-order valence-electron chi connectivity index (χ3n) is 5.18. The second-order valence-corrected chi connectivity index (χ2v) is 7.19. The van der Waals surface area contributed by atoms with E-state index in [1.54, 1.807) is 11.3 Å². The lowest BCUT2D eigenvalue weighted by Gasteiger charge is -2.12. The van der Waals surface area contributed by atoms with Crippen LogP contribution in [0.15, 0.2) is 48.5 Å². The van der Waals surface area contributed by atoms with Crippen LogP contribution in [0.25, 0.3) is 10.9 Å². The van der Waals surface area contributed by atoms with Gasteiger partial charge in [-0.1, -0.05) is 68.7 Å². The van der Waals surface area contributed by atoms with Crippen LogP contribution in [0.4, 0.5) is 0 Å². The van der Waals surface area contributed by atoms with Gasteiger partial charge in [0.05, 0.1) is 0 Å². The number of fused-ring (bicyclic) bond motifs is 1. The van der Waals surface area contributed by atoms with E-state index < -0.39 is 0 Å². The molecule has 0 unspecified atom stereocenters. The summed E-state index contributed by atoms with van der Waals surface area (Å²) in [4.78, 5) is 0. The Bertz CT molecular complexity index is 811. The number of benzene rings is 2. The van der Waals surface area contributed by atoms with Gasteiger partial charge in [0.25, 0.3) is 0 Å². The molecule has 1 heterocycles. The van der Waals surface area contributed by atoms with Gasteiger partial charge in [-0.05, 0) is 55.9 Å². The van der Waals surface area contributed by atoms with Crippen LogP contribution >= 0.6 is 0 Å². The number of nitrogens with zero attached hydrogens (tertiary/aromatic N) is 1. The first-order valence-electron chi connectivity index (χ1n) is 9.89. The van der Waals surface area contributed by atoms with Crippen LogP contribution in [0, 0.1) is 6.92 Å². The second kappa shape index (κ2) is 8.38. The number of rotatable bonds is 8. The third kappa shape index (κ3) is 3.98. The molecule has 0 saturated carbocycles. The fourth-order valence-corrected chi connectivity index (χ4v) is 3.89. The summed E-state index contributed by atoms with van der Waals surface area (Å²) >= 11 is 0. The van der Waals surface area contributed by atoms with E-state index in [1.165, 1.54) is 54.1 Å². The van der Waals surface area contributed by atoms with E-state index in [0.29, 0.717) is 0 Å². The van der Waals surface area contributed by atoms with Crippen LogP contribution in [-0.4, -0.2) is 4.57 Å². The van der Waals surface area contributed by atoms with Crippen LogP contribution in [0.1, 0.15) is 55.5 Å². The Balaban J connectivity index is 2.03. The molecule has 0 amide bonds.